The zero-order valence-corrected chi connectivity index (χ0v) is 18.2. The summed E-state index contributed by atoms with van der Waals surface area (Å²) >= 11 is 4.89. The van der Waals surface area contributed by atoms with E-state index in [-0.39, 0.29) is 11.4 Å². The second-order valence-electron chi connectivity index (χ2n) is 7.31. The Hall–Kier alpha value is -2.18. The van der Waals surface area contributed by atoms with Gasteiger partial charge in [0, 0.05) is 14.9 Å². The van der Waals surface area contributed by atoms with Gasteiger partial charge in [-0.1, -0.05) is 57.2 Å². The van der Waals surface area contributed by atoms with Crippen LogP contribution < -0.4 is 10.6 Å². The summed E-state index contributed by atoms with van der Waals surface area (Å²) in [7, 11) is 0. The molecule has 27 heavy (non-hydrogen) atoms. The highest BCUT2D eigenvalue weighted by Gasteiger charge is 2.16. The van der Waals surface area contributed by atoms with Crippen LogP contribution in [0.4, 0.5) is 15.6 Å². The Morgan fingerprint density at radius 3 is 2.33 bits per heavy atom. The van der Waals surface area contributed by atoms with Crippen molar-refractivity contribution in [1.82, 2.24) is 4.98 Å². The van der Waals surface area contributed by atoms with Gasteiger partial charge in [-0.25, -0.2) is 9.78 Å². The van der Waals surface area contributed by atoms with Gasteiger partial charge in [0.15, 0.2) is 5.13 Å². The molecule has 2 amide bonds. The monoisotopic (exact) mass is 443 g/mol. The molecule has 0 bridgehead atoms. The topological polar surface area (TPSA) is 54.0 Å². The Morgan fingerprint density at radius 2 is 1.70 bits per heavy atom. The molecule has 0 radical (unpaired) electrons. The van der Waals surface area contributed by atoms with Gasteiger partial charge in [0.05, 0.1) is 11.4 Å². The summed E-state index contributed by atoms with van der Waals surface area (Å²) in [5, 5.41) is 6.22. The zero-order chi connectivity index (χ0) is 19.6. The molecule has 3 rings (SSSR count). The molecule has 0 atom stereocenters. The Balaban J connectivity index is 1.74. The van der Waals surface area contributed by atoms with Crippen LogP contribution in [0.15, 0.2) is 53.0 Å². The minimum absolute atomic E-state index is 0.117. The number of aryl methyl sites for hydroxylation is 1. The summed E-state index contributed by atoms with van der Waals surface area (Å²) in [6.45, 7) is 8.60. The van der Waals surface area contributed by atoms with Crippen LogP contribution in [0.2, 0.25) is 0 Å². The molecule has 6 heteroatoms. The number of nitrogens with zero attached hydrogens (tertiary/aromatic N) is 1. The fourth-order valence-electron chi connectivity index (χ4n) is 2.66. The van der Waals surface area contributed by atoms with Crippen molar-refractivity contribution in [3.63, 3.8) is 0 Å². The molecule has 2 N–H and O–H groups in total. The first-order valence-electron chi connectivity index (χ1n) is 8.65. The first-order chi connectivity index (χ1) is 12.7. The Labute approximate surface area is 172 Å². The number of anilines is 2. The highest BCUT2D eigenvalue weighted by Crippen LogP contribution is 2.32. The number of aromatic nitrogens is 1. The van der Waals surface area contributed by atoms with Crippen molar-refractivity contribution in [2.75, 3.05) is 10.6 Å². The van der Waals surface area contributed by atoms with E-state index in [0.717, 1.165) is 20.6 Å². The molecular formula is C21H22BrN3OS. The third-order valence-corrected chi connectivity index (χ3v) is 5.74. The normalized spacial score (nSPS) is 11.3. The maximum absolute atomic E-state index is 12.3. The molecule has 0 fully saturated rings. The summed E-state index contributed by atoms with van der Waals surface area (Å²) in [4.78, 5) is 17.9. The number of benzene rings is 2. The number of hydrogen-bond acceptors (Lipinski definition) is 3. The lowest BCUT2D eigenvalue weighted by molar-refractivity contribution is 0.262. The predicted octanol–water partition coefficient (Wildman–Crippen LogP) is 6.82. The molecule has 0 aliphatic heterocycles. The molecule has 0 saturated carbocycles. The molecular weight excluding hydrogens is 422 g/mol. The number of carbonyl (C=O) groups is 1. The van der Waals surface area contributed by atoms with Crippen molar-refractivity contribution in [2.24, 2.45) is 0 Å². The van der Waals surface area contributed by atoms with E-state index >= 15 is 0 Å². The number of hydrogen-bond donors (Lipinski definition) is 2. The summed E-state index contributed by atoms with van der Waals surface area (Å²) < 4.78 is 0.829. The molecule has 0 spiro atoms. The van der Waals surface area contributed by atoms with E-state index < -0.39 is 0 Å². The number of thiazole rings is 1. The highest BCUT2D eigenvalue weighted by molar-refractivity contribution is 9.10. The van der Waals surface area contributed by atoms with Crippen LogP contribution in [-0.4, -0.2) is 11.0 Å². The molecule has 0 aliphatic carbocycles. The van der Waals surface area contributed by atoms with Crippen molar-refractivity contribution in [3.8, 4) is 11.3 Å². The van der Waals surface area contributed by atoms with Gasteiger partial charge in [-0.15, -0.1) is 11.3 Å². The van der Waals surface area contributed by atoms with Crippen LogP contribution in [0.25, 0.3) is 11.3 Å². The van der Waals surface area contributed by atoms with Gasteiger partial charge in [-0.3, -0.25) is 5.32 Å². The fourth-order valence-corrected chi connectivity index (χ4v) is 3.87. The van der Waals surface area contributed by atoms with E-state index in [0.29, 0.717) is 10.8 Å². The molecule has 140 valence electrons. The van der Waals surface area contributed by atoms with Crippen LogP contribution in [0, 0.1) is 6.92 Å². The van der Waals surface area contributed by atoms with E-state index in [1.807, 2.05) is 31.2 Å². The number of nitrogens with one attached hydrogen (secondary N) is 2. The molecule has 0 saturated heterocycles. The maximum atomic E-state index is 12.3. The molecule has 1 heterocycles. The molecule has 0 aliphatic rings. The molecule has 4 nitrogen and oxygen atoms in total. The Kier molecular flexibility index (Phi) is 5.67. The molecule has 2 aromatic carbocycles. The first kappa shape index (κ1) is 19.6. The molecule has 0 unspecified atom stereocenters. The second-order valence-corrected chi connectivity index (χ2v) is 9.37. The number of halogens is 1. The number of amides is 2. The number of urea groups is 1. The van der Waals surface area contributed by atoms with Crippen molar-refractivity contribution in [1.29, 1.82) is 0 Å². The number of rotatable bonds is 3. The molecule has 1 aromatic heterocycles. The quantitative estimate of drug-likeness (QED) is 0.466. The summed E-state index contributed by atoms with van der Waals surface area (Å²) in [6, 6.07) is 15.6. The zero-order valence-electron chi connectivity index (χ0n) is 15.8. The van der Waals surface area contributed by atoms with Crippen LogP contribution in [0.3, 0.4) is 0 Å². The van der Waals surface area contributed by atoms with Gasteiger partial charge >= 0.3 is 6.03 Å². The SMILES string of the molecule is Cc1sc(NC(=O)Nc2ccccc2Br)nc1-c1ccc(C(C)(C)C)cc1. The Morgan fingerprint density at radius 1 is 1.04 bits per heavy atom. The van der Waals surface area contributed by atoms with E-state index in [1.165, 1.54) is 16.9 Å². The van der Waals surface area contributed by atoms with Gasteiger partial charge < -0.3 is 5.32 Å². The van der Waals surface area contributed by atoms with Gasteiger partial charge in [0.25, 0.3) is 0 Å². The average Bonchev–Trinajstić information content (AvgIpc) is 2.96. The summed E-state index contributed by atoms with van der Waals surface area (Å²) in [5.41, 5.74) is 4.06. The average molecular weight is 444 g/mol. The summed E-state index contributed by atoms with van der Waals surface area (Å²) in [5.74, 6) is 0. The third-order valence-electron chi connectivity index (χ3n) is 4.16. The number of carbonyl (C=O) groups excluding carboxylic acids is 1. The van der Waals surface area contributed by atoms with E-state index in [1.54, 1.807) is 0 Å². The second kappa shape index (κ2) is 7.82. The maximum Gasteiger partial charge on any atom is 0.325 e. The first-order valence-corrected chi connectivity index (χ1v) is 10.3. The lowest BCUT2D eigenvalue weighted by atomic mass is 9.86. The predicted molar refractivity (Wildman–Crippen MR) is 118 cm³/mol. The van der Waals surface area contributed by atoms with Gasteiger partial charge in [-0.05, 0) is 46.0 Å². The van der Waals surface area contributed by atoms with Crippen LogP contribution >= 0.6 is 27.3 Å². The van der Waals surface area contributed by atoms with Gasteiger partial charge in [0.2, 0.25) is 0 Å². The van der Waals surface area contributed by atoms with Crippen molar-refractivity contribution in [3.05, 3.63) is 63.4 Å². The minimum Gasteiger partial charge on any atom is -0.307 e. The lowest BCUT2D eigenvalue weighted by Crippen LogP contribution is -2.19. The minimum atomic E-state index is -0.315. The van der Waals surface area contributed by atoms with E-state index in [9.17, 15) is 4.79 Å². The third kappa shape index (κ3) is 4.76. The summed E-state index contributed by atoms with van der Waals surface area (Å²) in [6.07, 6.45) is 0. The molecule has 3 aromatic rings. The van der Waals surface area contributed by atoms with Gasteiger partial charge in [-0.2, -0.15) is 0 Å². The van der Waals surface area contributed by atoms with Gasteiger partial charge in [0.1, 0.15) is 0 Å². The lowest BCUT2D eigenvalue weighted by Gasteiger charge is -2.19. The number of para-hydroxylation sites is 1. The Bertz CT molecular complexity index is 958. The van der Waals surface area contributed by atoms with Crippen LogP contribution in [-0.2, 0) is 5.41 Å². The van der Waals surface area contributed by atoms with Crippen LogP contribution in [0.5, 0.6) is 0 Å². The van der Waals surface area contributed by atoms with E-state index in [2.05, 4.69) is 76.6 Å². The van der Waals surface area contributed by atoms with Crippen molar-refractivity contribution in [2.45, 2.75) is 33.1 Å². The fraction of sp³-hybridized carbons (Fsp3) is 0.238. The smallest absolute Gasteiger partial charge is 0.307 e. The van der Waals surface area contributed by atoms with Crippen molar-refractivity contribution < 1.29 is 4.79 Å². The van der Waals surface area contributed by atoms with E-state index in [4.69, 9.17) is 0 Å². The highest BCUT2D eigenvalue weighted by atomic mass is 79.9. The largest absolute Gasteiger partial charge is 0.325 e. The van der Waals surface area contributed by atoms with Crippen LogP contribution in [0.1, 0.15) is 31.2 Å². The standard InChI is InChI=1S/C21H22BrN3OS/c1-13-18(14-9-11-15(12-10-14)21(2,3)4)24-20(27-13)25-19(26)23-17-8-6-5-7-16(17)22/h5-12H,1-4H3,(H2,23,24,25,26). The van der Waals surface area contributed by atoms with Crippen molar-refractivity contribution >= 4 is 44.1 Å².